The van der Waals surface area contributed by atoms with Crippen molar-refractivity contribution >= 4 is 23.2 Å². The second kappa shape index (κ2) is 8.55. The number of rotatable bonds is 7. The topological polar surface area (TPSA) is 98.4 Å². The first kappa shape index (κ1) is 18.1. The number of hydrogen-bond donors (Lipinski definition) is 2. The molecule has 1 atom stereocenters. The summed E-state index contributed by atoms with van der Waals surface area (Å²) in [7, 11) is 1.67. The maximum absolute atomic E-state index is 12.2. The van der Waals surface area contributed by atoms with Crippen LogP contribution in [0, 0.1) is 11.3 Å². The van der Waals surface area contributed by atoms with Crippen LogP contribution in [0.1, 0.15) is 23.7 Å². The Morgan fingerprint density at radius 2 is 2.08 bits per heavy atom. The second-order valence-electron chi connectivity index (χ2n) is 5.58. The highest BCUT2D eigenvalue weighted by Gasteiger charge is 2.17. The third-order valence-corrected chi connectivity index (χ3v) is 3.59. The van der Waals surface area contributed by atoms with Gasteiger partial charge in [-0.05, 0) is 31.2 Å². The quantitative estimate of drug-likeness (QED) is 0.807. The lowest BCUT2D eigenvalue weighted by Gasteiger charge is -2.22. The fraction of sp³-hybridized carbons (Fsp3) is 0.278. The van der Waals surface area contributed by atoms with Crippen LogP contribution in [0.15, 0.2) is 47.3 Å². The Hall–Kier alpha value is -3.27. The van der Waals surface area contributed by atoms with Crippen molar-refractivity contribution in [3.63, 3.8) is 0 Å². The van der Waals surface area contributed by atoms with Crippen LogP contribution in [0.2, 0.25) is 0 Å². The van der Waals surface area contributed by atoms with Gasteiger partial charge >= 0.3 is 0 Å². The molecule has 1 aromatic heterocycles. The zero-order valence-corrected chi connectivity index (χ0v) is 14.2. The maximum Gasteiger partial charge on any atom is 0.258 e. The average Bonchev–Trinajstić information content (AvgIpc) is 3.14. The largest absolute Gasteiger partial charge is 0.472 e. The Morgan fingerprint density at radius 3 is 2.76 bits per heavy atom. The minimum absolute atomic E-state index is 0.108. The van der Waals surface area contributed by atoms with Crippen molar-refractivity contribution < 1.29 is 14.0 Å². The molecule has 130 valence electrons. The molecule has 0 spiro atoms. The summed E-state index contributed by atoms with van der Waals surface area (Å²) in [5.74, 6) is -0.380. The fourth-order valence-corrected chi connectivity index (χ4v) is 2.25. The summed E-state index contributed by atoms with van der Waals surface area (Å²) in [6, 6.07) is 10.2. The molecule has 2 rings (SSSR count). The lowest BCUT2D eigenvalue weighted by Crippen LogP contribution is -2.39. The Labute approximate surface area is 146 Å². The average molecular weight is 340 g/mol. The van der Waals surface area contributed by atoms with E-state index in [1.54, 1.807) is 38.2 Å². The highest BCUT2D eigenvalue weighted by atomic mass is 16.3. The van der Waals surface area contributed by atoms with E-state index >= 15 is 0 Å². The number of benzene rings is 1. The summed E-state index contributed by atoms with van der Waals surface area (Å²) in [6.07, 6.45) is 3.10. The van der Waals surface area contributed by atoms with Crippen LogP contribution in [0.5, 0.6) is 0 Å². The van der Waals surface area contributed by atoms with Gasteiger partial charge < -0.3 is 20.0 Å². The number of hydrogen-bond acceptors (Lipinski definition) is 5. The van der Waals surface area contributed by atoms with Crippen molar-refractivity contribution in [2.75, 3.05) is 24.2 Å². The van der Waals surface area contributed by atoms with Crippen molar-refractivity contribution in [2.45, 2.75) is 19.4 Å². The first-order chi connectivity index (χ1) is 12.0. The number of likely N-dealkylation sites (N-methyl/N-ethyl adjacent to an activating group) is 1. The van der Waals surface area contributed by atoms with Crippen LogP contribution < -0.4 is 10.6 Å². The summed E-state index contributed by atoms with van der Waals surface area (Å²) in [6.45, 7) is 2.14. The van der Waals surface area contributed by atoms with Crippen molar-refractivity contribution in [2.24, 2.45) is 0 Å². The molecule has 7 heteroatoms. The van der Waals surface area contributed by atoms with Crippen LogP contribution in [0.25, 0.3) is 0 Å². The Kier molecular flexibility index (Phi) is 6.18. The number of nitrogens with zero attached hydrogens (tertiary/aromatic N) is 2. The minimum atomic E-state index is -0.455. The number of anilines is 2. The molecule has 0 aliphatic rings. The van der Waals surface area contributed by atoms with Gasteiger partial charge in [0.1, 0.15) is 12.3 Å². The number of amides is 2. The Bertz CT molecular complexity index is 765. The first-order valence-electron chi connectivity index (χ1n) is 7.83. The number of carbonyl (C=O) groups excluding carboxylic acids is 2. The third-order valence-electron chi connectivity index (χ3n) is 3.59. The summed E-state index contributed by atoms with van der Waals surface area (Å²) in [4.78, 5) is 25.8. The lowest BCUT2D eigenvalue weighted by molar-refractivity contribution is -0.130. The predicted molar refractivity (Wildman–Crippen MR) is 94.1 cm³/mol. The first-order valence-corrected chi connectivity index (χ1v) is 7.83. The van der Waals surface area contributed by atoms with E-state index in [1.807, 2.05) is 12.1 Å². The molecule has 1 aromatic carbocycles. The molecule has 0 aliphatic heterocycles. The molecule has 0 unspecified atom stereocenters. The van der Waals surface area contributed by atoms with Crippen LogP contribution in [0.3, 0.4) is 0 Å². The minimum Gasteiger partial charge on any atom is -0.472 e. The number of furan rings is 1. The van der Waals surface area contributed by atoms with Gasteiger partial charge in [-0.15, -0.1) is 0 Å². The molecule has 25 heavy (non-hydrogen) atoms. The van der Waals surface area contributed by atoms with E-state index in [9.17, 15) is 9.59 Å². The van der Waals surface area contributed by atoms with Crippen LogP contribution >= 0.6 is 0 Å². The molecule has 2 N–H and O–H groups in total. The lowest BCUT2D eigenvalue weighted by atomic mass is 10.2. The molecule has 0 bridgehead atoms. The maximum atomic E-state index is 12.2. The SMILES string of the molecule is C[C@H](Nc1cccc(NC(=O)c2ccoc2)c1)C(=O)N(C)CCC#N. The fourth-order valence-electron chi connectivity index (χ4n) is 2.25. The molecule has 0 aliphatic carbocycles. The van der Waals surface area contributed by atoms with Crippen molar-refractivity contribution in [3.8, 4) is 6.07 Å². The van der Waals surface area contributed by atoms with Gasteiger partial charge in [0.2, 0.25) is 5.91 Å². The summed E-state index contributed by atoms with van der Waals surface area (Å²) in [5, 5.41) is 14.5. The van der Waals surface area contributed by atoms with Gasteiger partial charge in [-0.2, -0.15) is 5.26 Å². The number of nitriles is 1. The van der Waals surface area contributed by atoms with E-state index in [0.717, 1.165) is 0 Å². The van der Waals surface area contributed by atoms with Crippen LogP contribution in [0.4, 0.5) is 11.4 Å². The molecule has 0 radical (unpaired) electrons. The van der Waals surface area contributed by atoms with Crippen LogP contribution in [-0.2, 0) is 4.79 Å². The Balaban J connectivity index is 1.97. The van der Waals surface area contributed by atoms with Crippen molar-refractivity contribution in [1.29, 1.82) is 5.26 Å². The van der Waals surface area contributed by atoms with Gasteiger partial charge in [0.05, 0.1) is 24.3 Å². The summed E-state index contributed by atoms with van der Waals surface area (Å²) < 4.78 is 4.89. The van der Waals surface area contributed by atoms with Gasteiger partial charge in [0, 0.05) is 25.0 Å². The van der Waals surface area contributed by atoms with E-state index in [1.165, 1.54) is 17.4 Å². The number of carbonyl (C=O) groups is 2. The van der Waals surface area contributed by atoms with Crippen LogP contribution in [-0.4, -0.2) is 36.3 Å². The Morgan fingerprint density at radius 1 is 1.32 bits per heavy atom. The van der Waals surface area contributed by atoms with Gasteiger partial charge in [0.25, 0.3) is 5.91 Å². The third kappa shape index (κ3) is 5.11. The molecule has 0 saturated heterocycles. The van der Waals surface area contributed by atoms with E-state index in [0.29, 0.717) is 29.9 Å². The summed E-state index contributed by atoms with van der Waals surface area (Å²) in [5.41, 5.74) is 1.74. The molecule has 1 heterocycles. The zero-order valence-electron chi connectivity index (χ0n) is 14.2. The standard InChI is InChI=1S/C18H20N4O3/c1-13(18(24)22(2)9-4-8-19)20-15-5-3-6-16(11-15)21-17(23)14-7-10-25-12-14/h3,5-7,10-13,20H,4,9H2,1-2H3,(H,21,23)/t13-/m0/s1. The highest BCUT2D eigenvalue weighted by molar-refractivity contribution is 6.04. The summed E-state index contributed by atoms with van der Waals surface area (Å²) >= 11 is 0. The second-order valence-corrected chi connectivity index (χ2v) is 5.58. The van der Waals surface area contributed by atoms with E-state index in [2.05, 4.69) is 10.6 Å². The predicted octanol–water partition coefficient (Wildman–Crippen LogP) is 2.70. The zero-order chi connectivity index (χ0) is 18.2. The van der Waals surface area contributed by atoms with Crippen molar-refractivity contribution in [1.82, 2.24) is 4.90 Å². The molecule has 0 fully saturated rings. The van der Waals surface area contributed by atoms with E-state index < -0.39 is 6.04 Å². The van der Waals surface area contributed by atoms with Gasteiger partial charge in [-0.3, -0.25) is 9.59 Å². The van der Waals surface area contributed by atoms with E-state index in [-0.39, 0.29) is 11.8 Å². The molecular formula is C18H20N4O3. The van der Waals surface area contributed by atoms with Gasteiger partial charge in [-0.1, -0.05) is 6.07 Å². The number of nitrogens with one attached hydrogen (secondary N) is 2. The van der Waals surface area contributed by atoms with Crippen molar-refractivity contribution in [3.05, 3.63) is 48.4 Å². The van der Waals surface area contributed by atoms with Gasteiger partial charge in [0.15, 0.2) is 0 Å². The molecule has 2 amide bonds. The molecule has 0 saturated carbocycles. The normalized spacial score (nSPS) is 11.2. The molecule has 7 nitrogen and oxygen atoms in total. The molecule has 2 aromatic rings. The molecular weight excluding hydrogens is 320 g/mol. The van der Waals surface area contributed by atoms with Gasteiger partial charge in [-0.25, -0.2) is 0 Å². The smallest absolute Gasteiger partial charge is 0.258 e. The van der Waals surface area contributed by atoms with E-state index in [4.69, 9.17) is 9.68 Å². The highest BCUT2D eigenvalue weighted by Crippen LogP contribution is 2.17. The monoisotopic (exact) mass is 340 g/mol.